The summed E-state index contributed by atoms with van der Waals surface area (Å²) in [4.78, 5) is 12.4. The van der Waals surface area contributed by atoms with Gasteiger partial charge >= 0.3 is 0 Å². The zero-order valence-electron chi connectivity index (χ0n) is 10.6. The third-order valence-corrected chi connectivity index (χ3v) is 4.02. The number of ketones is 1. The van der Waals surface area contributed by atoms with Gasteiger partial charge in [0.05, 0.1) is 18.5 Å². The number of ether oxygens (including phenoxy) is 2. The fourth-order valence-corrected chi connectivity index (χ4v) is 2.93. The summed E-state index contributed by atoms with van der Waals surface area (Å²) in [5, 5.41) is 0. The van der Waals surface area contributed by atoms with E-state index < -0.39 is 0 Å². The van der Waals surface area contributed by atoms with Crippen LogP contribution < -0.4 is 0 Å². The van der Waals surface area contributed by atoms with E-state index in [9.17, 15) is 4.79 Å². The summed E-state index contributed by atoms with van der Waals surface area (Å²) in [6.07, 6.45) is 4.01. The standard InChI is InChI=1S/C14H18O4/c1-10-2-5-17-13(10)12(15)11-3-6-18-14(8-11)4-7-16-9-14/h2,5,11H,3-4,6-9H2,1H3. The van der Waals surface area contributed by atoms with Crippen LogP contribution in [-0.2, 0) is 9.47 Å². The minimum absolute atomic E-state index is 0.00491. The van der Waals surface area contributed by atoms with E-state index in [2.05, 4.69) is 0 Å². The molecule has 2 atom stereocenters. The molecule has 1 aromatic heterocycles. The average Bonchev–Trinajstić information content (AvgIpc) is 2.98. The van der Waals surface area contributed by atoms with E-state index in [0.29, 0.717) is 19.0 Å². The van der Waals surface area contributed by atoms with Crippen LogP contribution in [0.4, 0.5) is 0 Å². The molecule has 0 aromatic carbocycles. The first-order valence-corrected chi connectivity index (χ1v) is 6.50. The highest BCUT2D eigenvalue weighted by Gasteiger charge is 2.43. The lowest BCUT2D eigenvalue weighted by molar-refractivity contribution is -0.0922. The van der Waals surface area contributed by atoms with Gasteiger partial charge in [-0.3, -0.25) is 4.79 Å². The van der Waals surface area contributed by atoms with Gasteiger partial charge in [-0.05, 0) is 31.4 Å². The van der Waals surface area contributed by atoms with Crippen molar-refractivity contribution in [2.45, 2.75) is 31.8 Å². The SMILES string of the molecule is Cc1ccoc1C(=O)C1CCOC2(CCOC2)C1. The van der Waals surface area contributed by atoms with E-state index in [0.717, 1.165) is 31.4 Å². The lowest BCUT2D eigenvalue weighted by Gasteiger charge is -2.36. The number of carbonyl (C=O) groups is 1. The fourth-order valence-electron chi connectivity index (χ4n) is 2.93. The predicted molar refractivity (Wildman–Crippen MR) is 64.6 cm³/mol. The topological polar surface area (TPSA) is 48.7 Å². The van der Waals surface area contributed by atoms with E-state index in [1.165, 1.54) is 0 Å². The van der Waals surface area contributed by atoms with Crippen LogP contribution in [0.5, 0.6) is 0 Å². The number of hydrogen-bond donors (Lipinski definition) is 0. The van der Waals surface area contributed by atoms with Gasteiger partial charge in [-0.25, -0.2) is 0 Å². The van der Waals surface area contributed by atoms with E-state index in [1.807, 2.05) is 13.0 Å². The average molecular weight is 250 g/mol. The number of rotatable bonds is 2. The molecular weight excluding hydrogens is 232 g/mol. The first-order valence-electron chi connectivity index (χ1n) is 6.50. The van der Waals surface area contributed by atoms with Gasteiger partial charge in [-0.1, -0.05) is 0 Å². The van der Waals surface area contributed by atoms with Crippen molar-refractivity contribution in [3.8, 4) is 0 Å². The summed E-state index contributed by atoms with van der Waals surface area (Å²) in [5.74, 6) is 0.633. The Labute approximate surface area is 106 Å². The first-order chi connectivity index (χ1) is 8.70. The monoisotopic (exact) mass is 250 g/mol. The van der Waals surface area contributed by atoms with E-state index >= 15 is 0 Å². The maximum atomic E-state index is 12.4. The van der Waals surface area contributed by atoms with E-state index in [4.69, 9.17) is 13.9 Å². The summed E-state index contributed by atoms with van der Waals surface area (Å²) in [5.41, 5.74) is 0.697. The van der Waals surface area contributed by atoms with Crippen molar-refractivity contribution in [1.82, 2.24) is 0 Å². The van der Waals surface area contributed by atoms with Gasteiger partial charge in [0.2, 0.25) is 5.78 Å². The molecule has 18 heavy (non-hydrogen) atoms. The lowest BCUT2D eigenvalue weighted by atomic mass is 9.82. The van der Waals surface area contributed by atoms with Crippen molar-refractivity contribution < 1.29 is 18.7 Å². The number of Topliss-reactive ketones (excluding diaryl/α,β-unsaturated/α-hetero) is 1. The van der Waals surface area contributed by atoms with Crippen molar-refractivity contribution in [3.05, 3.63) is 23.7 Å². The smallest absolute Gasteiger partial charge is 0.201 e. The summed E-state index contributed by atoms with van der Waals surface area (Å²) >= 11 is 0. The van der Waals surface area contributed by atoms with Crippen LogP contribution in [0, 0.1) is 12.8 Å². The van der Waals surface area contributed by atoms with Gasteiger partial charge in [-0.2, -0.15) is 0 Å². The summed E-state index contributed by atoms with van der Waals surface area (Å²) in [6, 6.07) is 1.83. The van der Waals surface area contributed by atoms with Crippen LogP contribution in [0.25, 0.3) is 0 Å². The van der Waals surface area contributed by atoms with Gasteiger partial charge in [-0.15, -0.1) is 0 Å². The van der Waals surface area contributed by atoms with Crippen LogP contribution in [0.3, 0.4) is 0 Å². The van der Waals surface area contributed by atoms with Gasteiger partial charge in [0, 0.05) is 25.6 Å². The normalized spacial score (nSPS) is 31.9. The molecule has 0 saturated carbocycles. The second-order valence-corrected chi connectivity index (χ2v) is 5.32. The molecule has 98 valence electrons. The third kappa shape index (κ3) is 1.99. The molecule has 3 heterocycles. The number of furan rings is 1. The molecule has 0 N–H and O–H groups in total. The molecular formula is C14H18O4. The Hall–Kier alpha value is -1.13. The Bertz CT molecular complexity index is 442. The molecule has 0 amide bonds. The molecule has 0 radical (unpaired) electrons. The molecule has 2 aliphatic heterocycles. The van der Waals surface area contributed by atoms with Gasteiger partial charge in [0.25, 0.3) is 0 Å². The quantitative estimate of drug-likeness (QED) is 0.756. The molecule has 1 aromatic rings. The molecule has 0 bridgehead atoms. The predicted octanol–water partition coefficient (Wildman–Crippen LogP) is 2.36. The lowest BCUT2D eigenvalue weighted by Crippen LogP contribution is -2.42. The minimum atomic E-state index is -0.223. The van der Waals surface area contributed by atoms with Gasteiger partial charge in [0.1, 0.15) is 0 Å². The Morgan fingerprint density at radius 1 is 1.44 bits per heavy atom. The number of hydrogen-bond acceptors (Lipinski definition) is 4. The maximum Gasteiger partial charge on any atom is 0.201 e. The van der Waals surface area contributed by atoms with Crippen LogP contribution in [0.15, 0.2) is 16.7 Å². The Morgan fingerprint density at radius 2 is 2.33 bits per heavy atom. The molecule has 2 aliphatic rings. The highest BCUT2D eigenvalue weighted by molar-refractivity contribution is 5.96. The highest BCUT2D eigenvalue weighted by atomic mass is 16.6. The van der Waals surface area contributed by atoms with Crippen LogP contribution >= 0.6 is 0 Å². The molecule has 2 saturated heterocycles. The number of aryl methyl sites for hydroxylation is 1. The Balaban J connectivity index is 1.76. The van der Waals surface area contributed by atoms with Crippen molar-refractivity contribution in [2.75, 3.05) is 19.8 Å². The van der Waals surface area contributed by atoms with Crippen LogP contribution in [0.2, 0.25) is 0 Å². The number of carbonyl (C=O) groups excluding carboxylic acids is 1. The Kier molecular flexibility index (Phi) is 2.99. The third-order valence-electron chi connectivity index (χ3n) is 4.02. The zero-order valence-corrected chi connectivity index (χ0v) is 10.6. The molecule has 4 nitrogen and oxygen atoms in total. The second-order valence-electron chi connectivity index (χ2n) is 5.32. The summed E-state index contributed by atoms with van der Waals surface area (Å²) in [7, 11) is 0. The summed E-state index contributed by atoms with van der Waals surface area (Å²) < 4.78 is 16.6. The minimum Gasteiger partial charge on any atom is -0.461 e. The zero-order chi connectivity index (χ0) is 12.6. The largest absolute Gasteiger partial charge is 0.461 e. The molecule has 0 aliphatic carbocycles. The van der Waals surface area contributed by atoms with Crippen molar-refractivity contribution in [1.29, 1.82) is 0 Å². The van der Waals surface area contributed by atoms with Crippen molar-refractivity contribution in [2.24, 2.45) is 5.92 Å². The summed E-state index contributed by atoms with van der Waals surface area (Å²) in [6.45, 7) is 3.90. The van der Waals surface area contributed by atoms with E-state index in [1.54, 1.807) is 6.26 Å². The molecule has 1 spiro atoms. The fraction of sp³-hybridized carbons (Fsp3) is 0.643. The van der Waals surface area contributed by atoms with Crippen LogP contribution in [0.1, 0.15) is 35.4 Å². The van der Waals surface area contributed by atoms with Gasteiger partial charge in [0.15, 0.2) is 5.76 Å². The molecule has 3 rings (SSSR count). The van der Waals surface area contributed by atoms with E-state index in [-0.39, 0.29) is 17.3 Å². The van der Waals surface area contributed by atoms with Crippen molar-refractivity contribution >= 4 is 5.78 Å². The first kappa shape index (κ1) is 11.9. The highest BCUT2D eigenvalue weighted by Crippen LogP contribution is 2.37. The second kappa shape index (κ2) is 4.52. The molecule has 2 fully saturated rings. The Morgan fingerprint density at radius 3 is 3.00 bits per heavy atom. The maximum absolute atomic E-state index is 12.4. The van der Waals surface area contributed by atoms with Crippen molar-refractivity contribution in [3.63, 3.8) is 0 Å². The molecule has 2 unspecified atom stereocenters. The van der Waals surface area contributed by atoms with Gasteiger partial charge < -0.3 is 13.9 Å². The molecule has 4 heteroatoms. The van der Waals surface area contributed by atoms with Crippen LogP contribution in [-0.4, -0.2) is 31.2 Å².